The van der Waals surface area contributed by atoms with E-state index in [1.54, 1.807) is 0 Å². The molecule has 0 amide bonds. The summed E-state index contributed by atoms with van der Waals surface area (Å²) in [4.78, 5) is 41.6. The smallest absolute Gasteiger partial charge is 0.324 e. The normalized spacial score (nSPS) is 13.0. The minimum atomic E-state index is -1.18. The summed E-state index contributed by atoms with van der Waals surface area (Å²) >= 11 is 0. The molecule has 0 heterocycles. The molecule has 0 aliphatic carbocycles. The number of aliphatic carboxylic acids is 2. The lowest BCUT2D eigenvalue weighted by molar-refractivity contribution is -0.147. The average molecular weight is 291 g/mol. The molecule has 0 aliphatic heterocycles. The Morgan fingerprint density at radius 2 is 1.65 bits per heavy atom. The first-order valence-corrected chi connectivity index (χ1v) is 5.82. The van der Waals surface area contributed by atoms with Gasteiger partial charge >= 0.3 is 11.9 Å². The van der Waals surface area contributed by atoms with E-state index in [0.29, 0.717) is 6.42 Å². The molecule has 0 saturated carbocycles. The third kappa shape index (κ3) is 8.03. The van der Waals surface area contributed by atoms with Crippen molar-refractivity contribution in [3.8, 4) is 0 Å². The molecule has 0 rings (SSSR count). The van der Waals surface area contributed by atoms with E-state index in [9.17, 15) is 19.2 Å². The maximum atomic E-state index is 10.8. The SMILES string of the molecule is O=COCC(CCCNC(COC=O)C(=O)O)C(=O)O. The van der Waals surface area contributed by atoms with Gasteiger partial charge in [0.2, 0.25) is 0 Å². The second-order valence-electron chi connectivity index (χ2n) is 3.88. The second kappa shape index (κ2) is 10.7. The Bertz CT molecular complexity index is 300. The van der Waals surface area contributed by atoms with E-state index in [1.165, 1.54) is 0 Å². The molecule has 0 fully saturated rings. The Balaban J connectivity index is 4.00. The van der Waals surface area contributed by atoms with Gasteiger partial charge in [0.05, 0.1) is 5.92 Å². The number of rotatable bonds is 13. The third-order valence-electron chi connectivity index (χ3n) is 2.46. The van der Waals surface area contributed by atoms with Gasteiger partial charge in [0.15, 0.2) is 0 Å². The van der Waals surface area contributed by atoms with Gasteiger partial charge in [-0.1, -0.05) is 0 Å². The van der Waals surface area contributed by atoms with E-state index < -0.39 is 23.9 Å². The molecule has 0 aromatic carbocycles. The Morgan fingerprint density at radius 3 is 2.15 bits per heavy atom. The van der Waals surface area contributed by atoms with E-state index in [-0.39, 0.29) is 39.1 Å². The van der Waals surface area contributed by atoms with Crippen molar-refractivity contribution in [3.63, 3.8) is 0 Å². The molecule has 3 N–H and O–H groups in total. The zero-order valence-electron chi connectivity index (χ0n) is 10.7. The van der Waals surface area contributed by atoms with Gasteiger partial charge in [0.1, 0.15) is 19.3 Å². The molecule has 0 aromatic heterocycles. The van der Waals surface area contributed by atoms with Crippen LogP contribution in [-0.4, -0.2) is 60.9 Å². The minimum Gasteiger partial charge on any atom is -0.481 e. The largest absolute Gasteiger partial charge is 0.481 e. The van der Waals surface area contributed by atoms with Gasteiger partial charge in [-0.05, 0) is 19.4 Å². The molecule has 9 nitrogen and oxygen atoms in total. The maximum absolute atomic E-state index is 10.8. The third-order valence-corrected chi connectivity index (χ3v) is 2.46. The first-order valence-electron chi connectivity index (χ1n) is 5.82. The standard InChI is InChI=1S/C11H17NO8/c13-6-19-4-8(10(15)16)2-1-3-12-9(11(17)18)5-20-7-14/h6-9,12H,1-5H2,(H,15,16)(H,17,18). The van der Waals surface area contributed by atoms with Crippen LogP contribution >= 0.6 is 0 Å². The van der Waals surface area contributed by atoms with Crippen molar-refractivity contribution in [2.24, 2.45) is 5.92 Å². The second-order valence-corrected chi connectivity index (χ2v) is 3.88. The maximum Gasteiger partial charge on any atom is 0.324 e. The summed E-state index contributed by atoms with van der Waals surface area (Å²) in [5.74, 6) is -3.10. The monoisotopic (exact) mass is 291 g/mol. The van der Waals surface area contributed by atoms with E-state index in [1.807, 2.05) is 0 Å². The topological polar surface area (TPSA) is 139 Å². The summed E-state index contributed by atoms with van der Waals surface area (Å²) in [6.07, 6.45) is 0.584. The Hall–Kier alpha value is -2.16. The van der Waals surface area contributed by atoms with E-state index in [2.05, 4.69) is 14.8 Å². The fraction of sp³-hybridized carbons (Fsp3) is 0.636. The van der Waals surface area contributed by atoms with Crippen LogP contribution in [0.3, 0.4) is 0 Å². The number of hydrogen-bond donors (Lipinski definition) is 3. The van der Waals surface area contributed by atoms with Crippen LogP contribution < -0.4 is 5.32 Å². The molecule has 20 heavy (non-hydrogen) atoms. The zero-order valence-corrected chi connectivity index (χ0v) is 10.7. The predicted octanol–water partition coefficient (Wildman–Crippen LogP) is -1.14. The molecule has 0 radical (unpaired) electrons. The highest BCUT2D eigenvalue weighted by atomic mass is 16.5. The first-order chi connectivity index (χ1) is 9.52. The summed E-state index contributed by atoms with van der Waals surface area (Å²) < 4.78 is 8.74. The summed E-state index contributed by atoms with van der Waals surface area (Å²) in [6, 6.07) is -1.05. The molecule has 0 aromatic rings. The van der Waals surface area contributed by atoms with Crippen LogP contribution in [0, 0.1) is 5.92 Å². The van der Waals surface area contributed by atoms with Gasteiger partial charge in [0, 0.05) is 0 Å². The molecule has 114 valence electrons. The van der Waals surface area contributed by atoms with Crippen molar-refractivity contribution >= 4 is 24.9 Å². The van der Waals surface area contributed by atoms with Crippen molar-refractivity contribution in [1.82, 2.24) is 5.32 Å². The summed E-state index contributed by atoms with van der Waals surface area (Å²) in [5.41, 5.74) is 0. The molecule has 2 unspecified atom stereocenters. The average Bonchev–Trinajstić information content (AvgIpc) is 2.40. The van der Waals surface area contributed by atoms with Crippen LogP contribution in [0.25, 0.3) is 0 Å². The highest BCUT2D eigenvalue weighted by Gasteiger charge is 2.20. The molecule has 0 saturated heterocycles. The van der Waals surface area contributed by atoms with Gasteiger partial charge in [-0.25, -0.2) is 0 Å². The first kappa shape index (κ1) is 17.8. The van der Waals surface area contributed by atoms with Gasteiger partial charge in [-0.3, -0.25) is 19.2 Å². The van der Waals surface area contributed by atoms with E-state index >= 15 is 0 Å². The zero-order chi connectivity index (χ0) is 15.4. The number of nitrogens with one attached hydrogen (secondary N) is 1. The van der Waals surface area contributed by atoms with Crippen LogP contribution in [0.15, 0.2) is 0 Å². The lowest BCUT2D eigenvalue weighted by Gasteiger charge is -2.14. The van der Waals surface area contributed by atoms with E-state index in [4.69, 9.17) is 10.2 Å². The van der Waals surface area contributed by atoms with Gasteiger partial charge < -0.3 is 25.0 Å². The predicted molar refractivity (Wildman–Crippen MR) is 63.8 cm³/mol. The van der Waals surface area contributed by atoms with Gasteiger partial charge in [-0.15, -0.1) is 0 Å². The molecular formula is C11H17NO8. The number of carbonyl (C=O) groups is 4. The fourth-order valence-electron chi connectivity index (χ4n) is 1.41. The van der Waals surface area contributed by atoms with Crippen LogP contribution in [0.1, 0.15) is 12.8 Å². The Morgan fingerprint density at radius 1 is 1.05 bits per heavy atom. The van der Waals surface area contributed by atoms with Crippen molar-refractivity contribution < 1.29 is 38.9 Å². The molecule has 0 bridgehead atoms. The highest BCUT2D eigenvalue weighted by Crippen LogP contribution is 2.07. The molecular weight excluding hydrogens is 274 g/mol. The summed E-state index contributed by atoms with van der Waals surface area (Å²) in [7, 11) is 0. The van der Waals surface area contributed by atoms with Crippen molar-refractivity contribution in [2.75, 3.05) is 19.8 Å². The van der Waals surface area contributed by atoms with E-state index in [0.717, 1.165) is 0 Å². The Labute approximate surface area is 114 Å². The number of hydrogen-bond acceptors (Lipinski definition) is 7. The minimum absolute atomic E-state index is 0.148. The van der Waals surface area contributed by atoms with Crippen molar-refractivity contribution in [1.29, 1.82) is 0 Å². The quantitative estimate of drug-likeness (QED) is 0.283. The molecule has 2 atom stereocenters. The molecule has 0 aliphatic rings. The Kier molecular flexibility index (Phi) is 9.57. The van der Waals surface area contributed by atoms with Crippen molar-refractivity contribution in [2.45, 2.75) is 18.9 Å². The fourth-order valence-corrected chi connectivity index (χ4v) is 1.41. The number of ether oxygens (including phenoxy) is 2. The van der Waals surface area contributed by atoms with Crippen LogP contribution in [0.2, 0.25) is 0 Å². The highest BCUT2D eigenvalue weighted by molar-refractivity contribution is 5.73. The number of carboxylic acids is 2. The van der Waals surface area contributed by atoms with Crippen LogP contribution in [0.5, 0.6) is 0 Å². The summed E-state index contributed by atoms with van der Waals surface area (Å²) in [5, 5.41) is 20.3. The van der Waals surface area contributed by atoms with Crippen LogP contribution in [-0.2, 0) is 28.7 Å². The summed E-state index contributed by atoms with van der Waals surface area (Å²) in [6.45, 7) is 0.00913. The lowest BCUT2D eigenvalue weighted by Crippen LogP contribution is -2.41. The van der Waals surface area contributed by atoms with Gasteiger partial charge in [-0.2, -0.15) is 0 Å². The van der Waals surface area contributed by atoms with Crippen molar-refractivity contribution in [3.05, 3.63) is 0 Å². The lowest BCUT2D eigenvalue weighted by atomic mass is 10.0. The number of carboxylic acid groups (broad SMARTS) is 2. The van der Waals surface area contributed by atoms with Gasteiger partial charge in [0.25, 0.3) is 12.9 Å². The molecule has 9 heteroatoms. The number of carbonyl (C=O) groups excluding carboxylic acids is 2. The van der Waals surface area contributed by atoms with Crippen LogP contribution in [0.4, 0.5) is 0 Å². The molecule has 0 spiro atoms.